The van der Waals surface area contributed by atoms with E-state index in [1.165, 1.54) is 12.0 Å². The number of nitrogens with one attached hydrogen (secondary N) is 3. The normalized spacial score (nSPS) is 14.5. The lowest BCUT2D eigenvalue weighted by Crippen LogP contribution is -2.52. The van der Waals surface area contributed by atoms with Crippen LogP contribution in [-0.4, -0.2) is 72.5 Å². The monoisotopic (exact) mass is 1480 g/mol. The fourth-order valence-corrected chi connectivity index (χ4v) is 14.5. The van der Waals surface area contributed by atoms with Gasteiger partial charge in [0.2, 0.25) is 0 Å². The van der Waals surface area contributed by atoms with Crippen LogP contribution in [0.1, 0.15) is 135 Å². The molecule has 19 nitrogen and oxygen atoms in total. The zero-order chi connectivity index (χ0) is 72.8. The predicted octanol–water partition coefficient (Wildman–Crippen LogP) is 19.7. The van der Waals surface area contributed by atoms with E-state index in [1.54, 1.807) is 6.20 Å². The maximum absolute atomic E-state index is 12.6. The molecule has 3 aliphatic carbocycles. The first kappa shape index (κ1) is 76.4. The summed E-state index contributed by atoms with van der Waals surface area (Å²) in [6.45, 7) is 15.2. The van der Waals surface area contributed by atoms with Crippen molar-refractivity contribution < 1.29 is 19.1 Å². The minimum atomic E-state index is -0.538. The molecule has 2 amide bonds. The van der Waals surface area contributed by atoms with Gasteiger partial charge in [0.25, 0.3) is 0 Å². The molecule has 14 aromatic rings. The number of benzene rings is 6. The van der Waals surface area contributed by atoms with Crippen LogP contribution in [-0.2, 0) is 26.1 Å². The average Bonchev–Trinajstić information content (AvgIpc) is 1.29. The van der Waals surface area contributed by atoms with E-state index in [0.717, 1.165) is 185 Å². The van der Waals surface area contributed by atoms with E-state index < -0.39 is 22.3 Å². The Morgan fingerprint density at radius 2 is 0.778 bits per heavy atom. The van der Waals surface area contributed by atoms with Gasteiger partial charge in [-0.05, 0) is 183 Å². The quantitative estimate of drug-likeness (QED) is 0.0563. The molecule has 3 saturated carbocycles. The van der Waals surface area contributed by atoms with Crippen LogP contribution in [0, 0.1) is 13.8 Å². The van der Waals surface area contributed by atoms with E-state index in [9.17, 15) is 9.59 Å². The number of carbonyl (C=O) groups excluding carboxylic acids is 2. The van der Waals surface area contributed by atoms with Crippen LogP contribution in [0.3, 0.4) is 0 Å². The minimum Gasteiger partial charge on any atom is -0.444 e. The number of anilines is 1. The number of hydrogen-bond acceptors (Lipinski definition) is 15. The summed E-state index contributed by atoms with van der Waals surface area (Å²) in [4.78, 5) is 44.7. The largest absolute Gasteiger partial charge is 0.444 e. The zero-order valence-electron chi connectivity index (χ0n) is 61.2. The van der Waals surface area contributed by atoms with Crippen molar-refractivity contribution in [1.29, 1.82) is 0 Å². The Kier molecular flexibility index (Phi) is 21.9. The summed E-state index contributed by atoms with van der Waals surface area (Å²) < 4.78 is 15.1. The number of nitrogen functional groups attached to an aromatic ring is 1. The lowest BCUT2D eigenvalue weighted by Gasteiger charge is -2.43. The van der Waals surface area contributed by atoms with Crippen LogP contribution in [0.4, 0.5) is 15.4 Å². The summed E-state index contributed by atoms with van der Waals surface area (Å²) in [7, 11) is 0. The first-order valence-corrected chi connectivity index (χ1v) is 36.0. The second kappa shape index (κ2) is 30.9. The van der Waals surface area contributed by atoms with Crippen molar-refractivity contribution in [2.75, 3.05) is 5.43 Å². The Hall–Kier alpha value is -11.2. The van der Waals surface area contributed by atoms with Gasteiger partial charge in [-0.3, -0.25) is 8.80 Å². The van der Waals surface area contributed by atoms with Gasteiger partial charge in [0, 0.05) is 73.7 Å². The van der Waals surface area contributed by atoms with E-state index in [-0.39, 0.29) is 50.0 Å². The molecule has 6 aromatic carbocycles. The molecule has 0 unspecified atom stereocenters. The van der Waals surface area contributed by atoms with Gasteiger partial charge >= 0.3 is 12.2 Å². The number of fused-ring (bicyclic) bond motifs is 7. The van der Waals surface area contributed by atoms with E-state index >= 15 is 0 Å². The van der Waals surface area contributed by atoms with Crippen LogP contribution in [0.5, 0.6) is 0 Å². The van der Waals surface area contributed by atoms with Crippen LogP contribution in [0.25, 0.3) is 111 Å². The summed E-state index contributed by atoms with van der Waals surface area (Å²) >= 11 is 0. The Morgan fingerprint density at radius 3 is 1.10 bits per heavy atom. The summed E-state index contributed by atoms with van der Waals surface area (Å²) in [6.07, 6.45) is 13.9. The Labute approximate surface area is 641 Å². The number of nitrogens with zero attached hydrogens (tertiary/aromatic N) is 10. The van der Waals surface area contributed by atoms with Crippen molar-refractivity contribution in [2.45, 2.75) is 148 Å². The van der Waals surface area contributed by atoms with Crippen LogP contribution in [0.2, 0.25) is 0 Å². The van der Waals surface area contributed by atoms with Crippen molar-refractivity contribution in [1.82, 2.24) is 59.8 Å². The van der Waals surface area contributed by atoms with Crippen LogP contribution < -0.4 is 27.6 Å². The molecule has 0 spiro atoms. The molecule has 552 valence electrons. The predicted molar refractivity (Wildman–Crippen MR) is 437 cm³/mol. The highest BCUT2D eigenvalue weighted by atomic mass is 35.5. The number of hydrazine groups is 1. The number of carbonyl (C=O) groups is 2. The van der Waals surface area contributed by atoms with Gasteiger partial charge in [-0.15, -0.1) is 45.2 Å². The number of aryl methyl sites for hydroxylation is 2. The molecule has 108 heavy (non-hydrogen) atoms. The third-order valence-corrected chi connectivity index (χ3v) is 20.5. The van der Waals surface area contributed by atoms with Gasteiger partial charge in [0.15, 0.2) is 11.3 Å². The zero-order valence-corrected chi connectivity index (χ0v) is 62.9. The van der Waals surface area contributed by atoms with Gasteiger partial charge in [-0.1, -0.05) is 171 Å². The van der Waals surface area contributed by atoms with Crippen molar-refractivity contribution in [3.63, 3.8) is 0 Å². The number of nitrogens with two attached hydrogens (primary N) is 2. The number of pyridine rings is 6. The average molecular weight is 1480 g/mol. The van der Waals surface area contributed by atoms with Crippen LogP contribution in [0.15, 0.2) is 219 Å². The third kappa shape index (κ3) is 15.4. The second-order valence-electron chi connectivity index (χ2n) is 29.9. The smallest absolute Gasteiger partial charge is 0.408 e. The van der Waals surface area contributed by atoms with Gasteiger partial charge in [0.1, 0.15) is 28.7 Å². The molecular weight excluding hydrogens is 1390 g/mol. The Balaban J connectivity index is 0.000000150. The van der Waals surface area contributed by atoms with E-state index in [2.05, 4.69) is 181 Å². The molecule has 0 saturated heterocycles. The standard InChI is InChI=1S/C31H31N5O2.C29H31N5O2.C26H23N5.CH4.2ClH/c1-20-34-35-28-25-19-24(21-9-6-5-7-10-21)27(32-26(25)15-18-36(20)28)22-11-13-23(14-12-22)31(16-8-17-31)33-29(37)38-30(2,3)4;1-28(2,3)36-27(35)33-29(15-7-16-29)21-12-10-20(11-13-21)25-22(19-8-5-4-6-9-19)18-23-24(32-25)14-17-31-26(23)34-30;1-17-29-30-25-22-16-21(18-6-3-2-4-7-18)24(28-23(22)12-15-31(17)25)19-8-10-20(11-9-19)26(27)13-5-14-26;;;/h5-7,9-15,18-19H,8,16-17H2,1-4H3,(H,33,37);4-6,8-14,17-18H,7,15-16,30H2,1-3H3,(H,31,34)(H,33,35);2-4,6-12,15-16H,5,13-14,27H2,1H3;1H4;2*1H. The molecule has 8 aromatic heterocycles. The number of amides is 2. The summed E-state index contributed by atoms with van der Waals surface area (Å²) in [5.41, 5.74) is 27.0. The molecule has 17 rings (SSSR count). The van der Waals surface area contributed by atoms with Gasteiger partial charge in [0.05, 0.1) is 44.7 Å². The molecule has 3 fully saturated rings. The summed E-state index contributed by atoms with van der Waals surface area (Å²) in [5.74, 6) is 8.01. The van der Waals surface area contributed by atoms with E-state index in [4.69, 9.17) is 36.0 Å². The highest BCUT2D eigenvalue weighted by molar-refractivity contribution is 6.00. The van der Waals surface area contributed by atoms with Gasteiger partial charge in [-0.25, -0.2) is 35.4 Å². The molecule has 7 N–H and O–H groups in total. The number of halogens is 2. The van der Waals surface area contributed by atoms with Crippen molar-refractivity contribution in [2.24, 2.45) is 11.6 Å². The fourth-order valence-electron chi connectivity index (χ4n) is 14.5. The third-order valence-electron chi connectivity index (χ3n) is 20.5. The Morgan fingerprint density at radius 1 is 0.435 bits per heavy atom. The summed E-state index contributed by atoms with van der Waals surface area (Å²) in [5, 5.41) is 26.4. The number of hydrogen-bond donors (Lipinski definition) is 5. The molecule has 0 atom stereocenters. The molecule has 0 radical (unpaired) electrons. The van der Waals surface area contributed by atoms with Crippen molar-refractivity contribution in [3.8, 4) is 67.2 Å². The first-order valence-electron chi connectivity index (χ1n) is 36.0. The molecule has 3 aliphatic rings. The lowest BCUT2D eigenvalue weighted by atomic mass is 9.71. The fraction of sp³-hybridized carbons (Fsp3) is 0.264. The number of ether oxygens (including phenoxy) is 2. The van der Waals surface area contributed by atoms with Crippen molar-refractivity contribution >= 4 is 86.8 Å². The highest BCUT2D eigenvalue weighted by Crippen LogP contribution is 2.46. The molecular formula is C87H91Cl2N15O4. The molecule has 8 heterocycles. The molecule has 0 aliphatic heterocycles. The minimum absolute atomic E-state index is 0. The Bertz CT molecular complexity index is 5560. The molecule has 0 bridgehead atoms. The maximum atomic E-state index is 12.6. The number of alkyl carbamates (subject to hydrolysis) is 2. The number of rotatable bonds is 12. The van der Waals surface area contributed by atoms with Gasteiger partial charge < -0.3 is 31.3 Å². The SMILES string of the molecule is C.CC(C)(C)OC(=O)NC1(c2ccc(-c3nc4ccnc(NN)c4cc3-c3ccccc3)cc2)CCC1.Cc1nnc2c3cc(-c4ccccc4)c(-c4ccc(C5(N)CCC5)cc4)nc3ccn12.Cc1nnc2c3cc(-c4ccccc4)c(-c4ccc(C5(NC(=O)OC(C)(C)C)CCC5)cc4)nc3ccn12.Cl.Cl. The second-order valence-corrected chi connectivity index (χ2v) is 29.9. The van der Waals surface area contributed by atoms with Gasteiger partial charge in [-0.2, -0.15) is 0 Å². The van der Waals surface area contributed by atoms with Crippen molar-refractivity contribution in [3.05, 3.63) is 247 Å². The first-order chi connectivity index (χ1) is 50.6. The molecule has 21 heteroatoms. The van der Waals surface area contributed by atoms with Crippen LogP contribution >= 0.6 is 24.8 Å². The maximum Gasteiger partial charge on any atom is 0.408 e. The highest BCUT2D eigenvalue weighted by Gasteiger charge is 2.43. The van der Waals surface area contributed by atoms with E-state index in [1.807, 2.05) is 137 Å². The topological polar surface area (TPSA) is 253 Å². The number of aromatic nitrogens is 10. The summed E-state index contributed by atoms with van der Waals surface area (Å²) in [6, 6.07) is 68.7. The van der Waals surface area contributed by atoms with E-state index in [0.29, 0.717) is 5.82 Å². The lowest BCUT2D eigenvalue weighted by molar-refractivity contribution is 0.0365.